The number of rotatable bonds is 6. The highest BCUT2D eigenvalue weighted by atomic mass is 16.3. The second kappa shape index (κ2) is 5.78. The number of H-pyrrole nitrogens is 1. The molecule has 0 amide bonds. The molecule has 2 aromatic rings. The predicted molar refractivity (Wildman–Crippen MR) is 67.2 cm³/mol. The van der Waals surface area contributed by atoms with E-state index in [1.807, 2.05) is 0 Å². The van der Waals surface area contributed by atoms with Crippen molar-refractivity contribution in [2.24, 2.45) is 0 Å². The summed E-state index contributed by atoms with van der Waals surface area (Å²) >= 11 is 0. The molecule has 9 nitrogen and oxygen atoms in total. The van der Waals surface area contributed by atoms with Crippen LogP contribution in [-0.2, 0) is 6.54 Å². The molecule has 0 unspecified atom stereocenters. The normalized spacial score (nSPS) is 12.8. The van der Waals surface area contributed by atoms with E-state index >= 15 is 0 Å². The molecule has 2 aromatic heterocycles. The van der Waals surface area contributed by atoms with E-state index < -0.39 is 6.10 Å². The molecule has 0 aliphatic heterocycles. The minimum absolute atomic E-state index is 0.0198. The highest BCUT2D eigenvalue weighted by Gasteiger charge is 2.19. The molecule has 19 heavy (non-hydrogen) atoms. The van der Waals surface area contributed by atoms with Crippen LogP contribution < -0.4 is 15.6 Å². The first-order chi connectivity index (χ1) is 9.15. The quantitative estimate of drug-likeness (QED) is 0.320. The summed E-state index contributed by atoms with van der Waals surface area (Å²) in [5.74, 6) is 0.741. The number of aliphatic hydroxyl groups is 3. The van der Waals surface area contributed by atoms with Crippen molar-refractivity contribution in [2.75, 3.05) is 30.8 Å². The molecular weight excluding hydrogens is 252 g/mol. The SMILES string of the molecule is Nc1nc[n+](C[C@@H](O)CO)c2nc(NCCO)[nH]c12. The number of imidazole rings is 1. The van der Waals surface area contributed by atoms with E-state index in [2.05, 4.69) is 20.3 Å². The molecule has 0 aromatic carbocycles. The summed E-state index contributed by atoms with van der Waals surface area (Å²) in [6, 6.07) is 0. The van der Waals surface area contributed by atoms with Crippen LogP contribution in [0.25, 0.3) is 11.2 Å². The third-order valence-corrected chi connectivity index (χ3v) is 2.57. The molecule has 7 N–H and O–H groups in total. The van der Waals surface area contributed by atoms with Gasteiger partial charge >= 0.3 is 0 Å². The van der Waals surface area contributed by atoms with Gasteiger partial charge in [-0.3, -0.25) is 0 Å². The van der Waals surface area contributed by atoms with Gasteiger partial charge in [-0.25, -0.2) is 4.57 Å². The zero-order valence-electron chi connectivity index (χ0n) is 10.2. The van der Waals surface area contributed by atoms with Crippen LogP contribution in [0, 0.1) is 0 Å². The average Bonchev–Trinajstić information content (AvgIpc) is 2.84. The zero-order valence-corrected chi connectivity index (χ0v) is 10.2. The van der Waals surface area contributed by atoms with E-state index in [9.17, 15) is 5.11 Å². The summed E-state index contributed by atoms with van der Waals surface area (Å²) in [4.78, 5) is 11.2. The largest absolute Gasteiger partial charge is 0.395 e. The zero-order chi connectivity index (χ0) is 13.8. The molecule has 104 valence electrons. The third kappa shape index (κ3) is 2.89. The summed E-state index contributed by atoms with van der Waals surface area (Å²) in [7, 11) is 0. The lowest BCUT2D eigenvalue weighted by molar-refractivity contribution is -0.683. The number of nitrogens with zero attached hydrogens (tertiary/aromatic N) is 3. The van der Waals surface area contributed by atoms with Gasteiger partial charge in [-0.2, -0.15) is 0 Å². The smallest absolute Gasteiger partial charge is 0.296 e. The first kappa shape index (κ1) is 13.5. The number of nitrogens with two attached hydrogens (primary N) is 1. The Balaban J connectivity index is 2.36. The average molecular weight is 269 g/mol. The molecule has 2 heterocycles. The lowest BCUT2D eigenvalue weighted by Gasteiger charge is -2.05. The summed E-state index contributed by atoms with van der Waals surface area (Å²) in [5.41, 5.74) is 6.80. The summed E-state index contributed by atoms with van der Waals surface area (Å²) in [5, 5.41) is 30.0. The maximum absolute atomic E-state index is 9.47. The summed E-state index contributed by atoms with van der Waals surface area (Å²) in [6.45, 7) is 0.143. The lowest BCUT2D eigenvalue weighted by atomic mass is 10.3. The number of hydrogen-bond acceptors (Lipinski definition) is 7. The van der Waals surface area contributed by atoms with Crippen molar-refractivity contribution in [3.8, 4) is 0 Å². The van der Waals surface area contributed by atoms with E-state index in [1.165, 1.54) is 6.33 Å². The van der Waals surface area contributed by atoms with Gasteiger partial charge in [-0.05, 0) is 0 Å². The van der Waals surface area contributed by atoms with Crippen LogP contribution in [0.1, 0.15) is 0 Å². The Bertz CT molecular complexity index is 557. The van der Waals surface area contributed by atoms with Crippen molar-refractivity contribution < 1.29 is 19.9 Å². The number of fused-ring (bicyclic) bond motifs is 1. The van der Waals surface area contributed by atoms with Gasteiger partial charge < -0.3 is 31.4 Å². The number of nitrogen functional groups attached to an aromatic ring is 1. The van der Waals surface area contributed by atoms with E-state index in [1.54, 1.807) is 4.57 Å². The predicted octanol–water partition coefficient (Wildman–Crippen LogP) is -2.41. The number of nitrogens with one attached hydrogen (secondary N) is 2. The Morgan fingerprint density at radius 2 is 2.26 bits per heavy atom. The molecule has 0 aliphatic rings. The molecule has 1 atom stereocenters. The number of hydrogen-bond donors (Lipinski definition) is 6. The highest BCUT2D eigenvalue weighted by Crippen LogP contribution is 2.14. The monoisotopic (exact) mass is 269 g/mol. The van der Waals surface area contributed by atoms with Crippen LogP contribution in [0.5, 0.6) is 0 Å². The van der Waals surface area contributed by atoms with E-state index in [-0.39, 0.29) is 25.6 Å². The number of aliphatic hydroxyl groups excluding tert-OH is 3. The van der Waals surface area contributed by atoms with Crippen molar-refractivity contribution in [1.82, 2.24) is 15.0 Å². The van der Waals surface area contributed by atoms with Crippen LogP contribution in [0.3, 0.4) is 0 Å². The maximum atomic E-state index is 9.47. The van der Waals surface area contributed by atoms with Crippen LogP contribution in [0.4, 0.5) is 11.8 Å². The second-order valence-electron chi connectivity index (χ2n) is 4.05. The fourth-order valence-corrected chi connectivity index (χ4v) is 1.68. The van der Waals surface area contributed by atoms with Gasteiger partial charge in [0.1, 0.15) is 6.10 Å². The molecule has 0 spiro atoms. The van der Waals surface area contributed by atoms with Crippen LogP contribution in [0.2, 0.25) is 0 Å². The molecule has 0 bridgehead atoms. The van der Waals surface area contributed by atoms with E-state index in [0.717, 1.165) is 0 Å². The Morgan fingerprint density at radius 1 is 1.47 bits per heavy atom. The molecule has 0 saturated heterocycles. The fourth-order valence-electron chi connectivity index (χ4n) is 1.68. The van der Waals surface area contributed by atoms with Gasteiger partial charge in [-0.15, -0.1) is 0 Å². The van der Waals surface area contributed by atoms with Gasteiger partial charge in [0, 0.05) is 6.54 Å². The second-order valence-corrected chi connectivity index (χ2v) is 4.05. The standard InChI is InChI=1S/C10H16N6O3/c11-8-7-9(15-10(14-7)12-1-2-17)16(5-13-8)3-6(19)4-18/h5-6,17-19H,1-4H2,(H3,11,12,14,15)/p+1/t6-/m1/s1. The Hall–Kier alpha value is -1.97. The first-order valence-corrected chi connectivity index (χ1v) is 5.83. The number of aromatic nitrogens is 4. The van der Waals surface area contributed by atoms with Gasteiger partial charge in [-0.1, -0.05) is 9.97 Å². The molecule has 0 fully saturated rings. The molecule has 0 saturated carbocycles. The summed E-state index contributed by atoms with van der Waals surface area (Å²) in [6.07, 6.45) is 0.553. The van der Waals surface area contributed by atoms with Crippen molar-refractivity contribution in [3.05, 3.63) is 6.33 Å². The fraction of sp³-hybridized carbons (Fsp3) is 0.500. The summed E-state index contributed by atoms with van der Waals surface area (Å²) < 4.78 is 1.59. The molecule has 2 rings (SSSR count). The Labute approximate surface area is 108 Å². The van der Waals surface area contributed by atoms with E-state index in [0.29, 0.717) is 23.7 Å². The maximum Gasteiger partial charge on any atom is 0.296 e. The first-order valence-electron chi connectivity index (χ1n) is 5.83. The highest BCUT2D eigenvalue weighted by molar-refractivity contribution is 5.80. The van der Waals surface area contributed by atoms with Gasteiger partial charge in [0.2, 0.25) is 12.1 Å². The van der Waals surface area contributed by atoms with Crippen molar-refractivity contribution in [2.45, 2.75) is 12.6 Å². The van der Waals surface area contributed by atoms with Crippen molar-refractivity contribution in [1.29, 1.82) is 0 Å². The van der Waals surface area contributed by atoms with Crippen LogP contribution >= 0.6 is 0 Å². The molecule has 9 heteroatoms. The third-order valence-electron chi connectivity index (χ3n) is 2.57. The van der Waals surface area contributed by atoms with Crippen LogP contribution in [0.15, 0.2) is 6.33 Å². The topological polar surface area (TPSA) is 144 Å². The van der Waals surface area contributed by atoms with Crippen molar-refractivity contribution in [3.63, 3.8) is 0 Å². The minimum Gasteiger partial charge on any atom is -0.395 e. The van der Waals surface area contributed by atoms with E-state index in [4.69, 9.17) is 15.9 Å². The minimum atomic E-state index is -0.899. The Morgan fingerprint density at radius 3 is 2.95 bits per heavy atom. The number of aromatic amines is 1. The molecule has 0 radical (unpaired) electrons. The number of anilines is 2. The van der Waals surface area contributed by atoms with Gasteiger partial charge in [0.25, 0.3) is 11.6 Å². The van der Waals surface area contributed by atoms with Gasteiger partial charge in [0.05, 0.1) is 19.8 Å². The van der Waals surface area contributed by atoms with Crippen molar-refractivity contribution >= 4 is 22.9 Å². The molecule has 0 aliphatic carbocycles. The lowest BCUT2D eigenvalue weighted by Crippen LogP contribution is -2.42. The van der Waals surface area contributed by atoms with Gasteiger partial charge in [0.15, 0.2) is 5.52 Å². The Kier molecular flexibility index (Phi) is 4.10. The van der Waals surface area contributed by atoms with Crippen LogP contribution in [-0.4, -0.2) is 56.1 Å². The molecular formula is C10H17N6O3+.